The number of fused-ring (bicyclic) bond motifs is 1. The minimum Gasteiger partial charge on any atom is -0.339 e. The quantitative estimate of drug-likeness (QED) is 0.589. The molecule has 0 bridgehead atoms. The third kappa shape index (κ3) is 2.72. The third-order valence-electron chi connectivity index (χ3n) is 4.24. The van der Waals surface area contributed by atoms with Crippen LogP contribution < -0.4 is 0 Å². The molecule has 23 heavy (non-hydrogen) atoms. The first-order valence-corrected chi connectivity index (χ1v) is 7.93. The number of carbonyl (C=O) groups excluding carboxylic acids is 1. The molecule has 0 aliphatic heterocycles. The van der Waals surface area contributed by atoms with Crippen molar-refractivity contribution in [3.05, 3.63) is 77.5 Å². The molecule has 2 aromatic carbocycles. The predicted molar refractivity (Wildman–Crippen MR) is 97.0 cm³/mol. The van der Waals surface area contributed by atoms with Crippen molar-refractivity contribution in [3.63, 3.8) is 0 Å². The Kier molecular flexibility index (Phi) is 4.16. The molecule has 3 rings (SSSR count). The van der Waals surface area contributed by atoms with Gasteiger partial charge in [0.2, 0.25) is 0 Å². The molecule has 2 heteroatoms. The summed E-state index contributed by atoms with van der Waals surface area (Å²) in [7, 11) is 0. The first-order chi connectivity index (χ1) is 11.2. The van der Waals surface area contributed by atoms with E-state index in [9.17, 15) is 4.79 Å². The molecule has 0 aliphatic rings. The molecule has 0 atom stereocenters. The summed E-state index contributed by atoms with van der Waals surface area (Å²) >= 11 is 0. The lowest BCUT2D eigenvalue weighted by atomic mass is 10.0. The molecular weight excluding hydrogens is 282 g/mol. The van der Waals surface area contributed by atoms with Crippen LogP contribution in [0.2, 0.25) is 0 Å². The molecule has 0 amide bonds. The smallest absolute Gasteiger partial charge is 0.150 e. The normalized spacial score (nSPS) is 11.1. The second-order valence-corrected chi connectivity index (χ2v) is 6.12. The Morgan fingerprint density at radius 3 is 2.48 bits per heavy atom. The summed E-state index contributed by atoms with van der Waals surface area (Å²) in [5.74, 6) is 0.374. The second kappa shape index (κ2) is 6.25. The number of rotatable bonds is 5. The lowest BCUT2D eigenvalue weighted by molar-refractivity contribution is 0.112. The average molecular weight is 303 g/mol. The van der Waals surface area contributed by atoms with E-state index in [1.165, 1.54) is 16.8 Å². The van der Waals surface area contributed by atoms with Crippen LogP contribution in [-0.4, -0.2) is 10.9 Å². The van der Waals surface area contributed by atoms with Gasteiger partial charge in [0.25, 0.3) is 0 Å². The molecule has 0 radical (unpaired) electrons. The van der Waals surface area contributed by atoms with Gasteiger partial charge in [-0.1, -0.05) is 69.0 Å². The van der Waals surface area contributed by atoms with Crippen LogP contribution in [0.25, 0.3) is 17.0 Å². The van der Waals surface area contributed by atoms with Crippen LogP contribution in [0.15, 0.2) is 55.1 Å². The van der Waals surface area contributed by atoms with Crippen molar-refractivity contribution in [1.82, 2.24) is 4.57 Å². The monoisotopic (exact) mass is 303 g/mol. The summed E-state index contributed by atoms with van der Waals surface area (Å²) in [4.78, 5) is 11.2. The fourth-order valence-corrected chi connectivity index (χ4v) is 3.26. The number of hydrogen-bond donors (Lipinski definition) is 0. The van der Waals surface area contributed by atoms with Crippen molar-refractivity contribution < 1.29 is 4.79 Å². The molecule has 3 aromatic rings. The summed E-state index contributed by atoms with van der Waals surface area (Å²) in [5.41, 5.74) is 5.48. The Bertz CT molecular complexity index is 856. The molecule has 0 saturated carbocycles. The first kappa shape index (κ1) is 15.3. The van der Waals surface area contributed by atoms with E-state index < -0.39 is 0 Å². The lowest BCUT2D eigenvalue weighted by Crippen LogP contribution is -2.06. The highest BCUT2D eigenvalue weighted by molar-refractivity contribution is 5.94. The van der Waals surface area contributed by atoms with Gasteiger partial charge >= 0.3 is 0 Å². The van der Waals surface area contributed by atoms with Crippen LogP contribution in [-0.2, 0) is 6.54 Å². The van der Waals surface area contributed by atoms with Crippen LogP contribution in [0.5, 0.6) is 0 Å². The Morgan fingerprint density at radius 1 is 1.13 bits per heavy atom. The number of benzene rings is 2. The van der Waals surface area contributed by atoms with Crippen molar-refractivity contribution in [2.45, 2.75) is 26.3 Å². The molecule has 0 aliphatic carbocycles. The van der Waals surface area contributed by atoms with Crippen LogP contribution in [0.1, 0.15) is 46.9 Å². The number of hydrogen-bond acceptors (Lipinski definition) is 1. The minimum atomic E-state index is 0.374. The van der Waals surface area contributed by atoms with Gasteiger partial charge in [0.05, 0.1) is 0 Å². The molecule has 1 heterocycles. The van der Waals surface area contributed by atoms with Gasteiger partial charge in [-0.15, -0.1) is 0 Å². The van der Waals surface area contributed by atoms with Gasteiger partial charge in [-0.05, 0) is 17.5 Å². The number of aldehydes is 1. The van der Waals surface area contributed by atoms with Crippen LogP contribution >= 0.6 is 0 Å². The van der Waals surface area contributed by atoms with E-state index in [1.54, 1.807) is 0 Å². The minimum absolute atomic E-state index is 0.374. The zero-order valence-corrected chi connectivity index (χ0v) is 13.6. The summed E-state index contributed by atoms with van der Waals surface area (Å²) in [5, 5.41) is 1.16. The topological polar surface area (TPSA) is 22.0 Å². The fraction of sp³-hybridized carbons (Fsp3) is 0.190. The largest absolute Gasteiger partial charge is 0.339 e. The second-order valence-electron chi connectivity index (χ2n) is 6.12. The van der Waals surface area contributed by atoms with Crippen molar-refractivity contribution in [2.24, 2.45) is 0 Å². The third-order valence-corrected chi connectivity index (χ3v) is 4.24. The Labute approximate surface area is 137 Å². The molecule has 0 unspecified atom stereocenters. The van der Waals surface area contributed by atoms with Gasteiger partial charge in [0, 0.05) is 34.3 Å². The van der Waals surface area contributed by atoms with E-state index in [4.69, 9.17) is 0 Å². The lowest BCUT2D eigenvalue weighted by Gasteiger charge is -2.14. The molecule has 0 spiro atoms. The molecule has 1 aromatic heterocycles. The van der Waals surface area contributed by atoms with E-state index in [0.717, 1.165) is 23.7 Å². The van der Waals surface area contributed by atoms with Crippen LogP contribution in [0, 0.1) is 0 Å². The fourth-order valence-electron chi connectivity index (χ4n) is 3.26. The number of aromatic nitrogens is 1. The van der Waals surface area contributed by atoms with Gasteiger partial charge in [-0.3, -0.25) is 4.79 Å². The number of carbonyl (C=O) groups is 1. The molecule has 0 N–H and O–H groups in total. The van der Waals surface area contributed by atoms with Gasteiger partial charge in [0.1, 0.15) is 6.29 Å². The maximum atomic E-state index is 11.2. The van der Waals surface area contributed by atoms with Gasteiger partial charge in [-0.2, -0.15) is 0 Å². The molecule has 0 saturated heterocycles. The van der Waals surface area contributed by atoms with Gasteiger partial charge < -0.3 is 4.57 Å². The molecule has 0 fully saturated rings. The van der Waals surface area contributed by atoms with Crippen LogP contribution in [0.4, 0.5) is 0 Å². The molecule has 116 valence electrons. The average Bonchev–Trinajstić information content (AvgIpc) is 2.88. The maximum Gasteiger partial charge on any atom is 0.150 e. The highest BCUT2D eigenvalue weighted by Crippen LogP contribution is 2.33. The van der Waals surface area contributed by atoms with E-state index in [1.807, 2.05) is 30.3 Å². The zero-order chi connectivity index (χ0) is 16.4. The van der Waals surface area contributed by atoms with E-state index in [-0.39, 0.29) is 0 Å². The first-order valence-electron chi connectivity index (χ1n) is 7.93. The van der Waals surface area contributed by atoms with Crippen molar-refractivity contribution in [2.75, 3.05) is 0 Å². The Morgan fingerprint density at radius 2 is 1.87 bits per heavy atom. The summed E-state index contributed by atoms with van der Waals surface area (Å²) in [6.45, 7) is 9.19. The van der Waals surface area contributed by atoms with E-state index in [0.29, 0.717) is 11.5 Å². The van der Waals surface area contributed by atoms with Crippen molar-refractivity contribution in [3.8, 4) is 0 Å². The highest BCUT2D eigenvalue weighted by atomic mass is 16.1. The maximum absolute atomic E-state index is 11.2. The van der Waals surface area contributed by atoms with E-state index in [2.05, 4.69) is 49.3 Å². The highest BCUT2D eigenvalue weighted by Gasteiger charge is 2.18. The summed E-state index contributed by atoms with van der Waals surface area (Å²) in [6, 6.07) is 16.3. The SMILES string of the molecule is C=Cc1c(C(C)C)n(Cc2ccccc2)c2cc(C=O)ccc12. The Balaban J connectivity index is 2.29. The van der Waals surface area contributed by atoms with Crippen molar-refractivity contribution >= 4 is 23.3 Å². The summed E-state index contributed by atoms with van der Waals surface area (Å²) in [6.07, 6.45) is 2.83. The standard InChI is InChI=1S/C21H21NO/c1-4-18-19-11-10-17(14-23)12-20(19)22(21(18)15(2)3)13-16-8-6-5-7-9-16/h4-12,14-15H,1,13H2,2-3H3. The van der Waals surface area contributed by atoms with Gasteiger partial charge in [0.15, 0.2) is 0 Å². The predicted octanol–water partition coefficient (Wildman–Crippen LogP) is 5.27. The zero-order valence-electron chi connectivity index (χ0n) is 13.6. The van der Waals surface area contributed by atoms with Crippen LogP contribution in [0.3, 0.4) is 0 Å². The number of nitrogens with zero attached hydrogens (tertiary/aromatic N) is 1. The summed E-state index contributed by atoms with van der Waals surface area (Å²) < 4.78 is 2.32. The molecular formula is C21H21NO. The van der Waals surface area contributed by atoms with E-state index >= 15 is 0 Å². The van der Waals surface area contributed by atoms with Crippen molar-refractivity contribution in [1.29, 1.82) is 0 Å². The molecule has 2 nitrogen and oxygen atoms in total. The van der Waals surface area contributed by atoms with Gasteiger partial charge in [-0.25, -0.2) is 0 Å². The Hall–Kier alpha value is -2.61.